The number of likely N-dealkylation sites (tertiary alicyclic amines) is 1. The molecule has 5 nitrogen and oxygen atoms in total. The SMILES string of the molecule is CC(C)c1csc(C(=O)N2CCCC[C@@H]2CN2CCOCC2)n1. The Kier molecular flexibility index (Phi) is 5.67. The first-order valence-electron chi connectivity index (χ1n) is 8.71. The topological polar surface area (TPSA) is 45.7 Å². The van der Waals surface area contributed by atoms with E-state index in [0.717, 1.165) is 57.9 Å². The van der Waals surface area contributed by atoms with E-state index in [2.05, 4.69) is 28.6 Å². The van der Waals surface area contributed by atoms with Crippen LogP contribution in [-0.4, -0.2) is 66.1 Å². The molecule has 3 heterocycles. The van der Waals surface area contributed by atoms with Crippen molar-refractivity contribution in [1.82, 2.24) is 14.8 Å². The molecule has 0 aromatic carbocycles. The Morgan fingerprint density at radius 1 is 1.35 bits per heavy atom. The van der Waals surface area contributed by atoms with Crippen LogP contribution in [0.15, 0.2) is 5.38 Å². The monoisotopic (exact) mass is 337 g/mol. The van der Waals surface area contributed by atoms with Gasteiger partial charge in [-0.15, -0.1) is 11.3 Å². The van der Waals surface area contributed by atoms with E-state index in [0.29, 0.717) is 17.0 Å². The number of ether oxygens (including phenoxy) is 1. The maximum Gasteiger partial charge on any atom is 0.283 e. The zero-order valence-electron chi connectivity index (χ0n) is 14.2. The fourth-order valence-corrected chi connectivity index (χ4v) is 4.25. The van der Waals surface area contributed by atoms with Crippen molar-refractivity contribution in [2.24, 2.45) is 0 Å². The van der Waals surface area contributed by atoms with Crippen LogP contribution in [0.25, 0.3) is 0 Å². The van der Waals surface area contributed by atoms with Crippen molar-refractivity contribution in [3.63, 3.8) is 0 Å². The van der Waals surface area contributed by atoms with E-state index < -0.39 is 0 Å². The minimum absolute atomic E-state index is 0.125. The second-order valence-electron chi connectivity index (χ2n) is 6.79. The summed E-state index contributed by atoms with van der Waals surface area (Å²) in [7, 11) is 0. The smallest absolute Gasteiger partial charge is 0.283 e. The standard InChI is InChI=1S/C17H27N3O2S/c1-13(2)15-12-23-16(18-15)17(21)20-6-4-3-5-14(20)11-19-7-9-22-10-8-19/h12-14H,3-11H2,1-2H3/t14-/m1/s1. The van der Waals surface area contributed by atoms with Gasteiger partial charge in [0, 0.05) is 37.6 Å². The lowest BCUT2D eigenvalue weighted by Gasteiger charge is -2.39. The van der Waals surface area contributed by atoms with E-state index in [-0.39, 0.29) is 5.91 Å². The van der Waals surface area contributed by atoms with Gasteiger partial charge >= 0.3 is 0 Å². The van der Waals surface area contributed by atoms with E-state index in [4.69, 9.17) is 4.74 Å². The third-order valence-corrected chi connectivity index (χ3v) is 5.61. The number of nitrogens with zero attached hydrogens (tertiary/aromatic N) is 3. The van der Waals surface area contributed by atoms with Crippen LogP contribution in [0.3, 0.4) is 0 Å². The highest BCUT2D eigenvalue weighted by atomic mass is 32.1. The second kappa shape index (κ2) is 7.73. The Balaban J connectivity index is 1.67. The van der Waals surface area contributed by atoms with Crippen LogP contribution >= 0.6 is 11.3 Å². The molecule has 1 atom stereocenters. The lowest BCUT2D eigenvalue weighted by molar-refractivity contribution is 0.0166. The number of aromatic nitrogens is 1. The lowest BCUT2D eigenvalue weighted by atomic mass is 10.0. The molecule has 3 rings (SSSR count). The van der Waals surface area contributed by atoms with Crippen LogP contribution in [0, 0.1) is 0 Å². The van der Waals surface area contributed by atoms with Gasteiger partial charge in [0.25, 0.3) is 5.91 Å². The molecule has 0 saturated carbocycles. The summed E-state index contributed by atoms with van der Waals surface area (Å²) in [6.45, 7) is 9.65. The molecule has 1 aromatic rings. The minimum Gasteiger partial charge on any atom is -0.379 e. The van der Waals surface area contributed by atoms with Crippen LogP contribution < -0.4 is 0 Å². The number of carbonyl (C=O) groups excluding carboxylic acids is 1. The van der Waals surface area contributed by atoms with Crippen LogP contribution in [0.4, 0.5) is 0 Å². The predicted molar refractivity (Wildman–Crippen MR) is 92.1 cm³/mol. The number of rotatable bonds is 4. The maximum atomic E-state index is 12.9. The Labute approximate surface area is 142 Å². The number of hydrogen-bond acceptors (Lipinski definition) is 5. The Morgan fingerprint density at radius 3 is 2.83 bits per heavy atom. The first-order chi connectivity index (χ1) is 11.1. The van der Waals surface area contributed by atoms with Gasteiger partial charge in [-0.25, -0.2) is 4.98 Å². The van der Waals surface area contributed by atoms with Crippen molar-refractivity contribution < 1.29 is 9.53 Å². The first kappa shape index (κ1) is 16.9. The van der Waals surface area contributed by atoms with Crippen molar-refractivity contribution in [1.29, 1.82) is 0 Å². The van der Waals surface area contributed by atoms with Gasteiger partial charge in [-0.05, 0) is 25.2 Å². The van der Waals surface area contributed by atoms with Gasteiger partial charge in [-0.3, -0.25) is 9.69 Å². The van der Waals surface area contributed by atoms with E-state index in [9.17, 15) is 4.79 Å². The van der Waals surface area contributed by atoms with Crippen LogP contribution in [-0.2, 0) is 4.74 Å². The molecule has 0 spiro atoms. The molecular formula is C17H27N3O2S. The first-order valence-corrected chi connectivity index (χ1v) is 9.59. The Morgan fingerprint density at radius 2 is 2.13 bits per heavy atom. The maximum absolute atomic E-state index is 12.9. The highest BCUT2D eigenvalue weighted by Gasteiger charge is 2.30. The molecule has 2 aliphatic heterocycles. The molecule has 2 fully saturated rings. The molecule has 2 saturated heterocycles. The van der Waals surface area contributed by atoms with E-state index in [1.165, 1.54) is 17.8 Å². The average molecular weight is 337 g/mol. The van der Waals surface area contributed by atoms with Crippen molar-refractivity contribution in [3.05, 3.63) is 16.1 Å². The summed E-state index contributed by atoms with van der Waals surface area (Å²) in [4.78, 5) is 22.0. The number of hydrogen-bond donors (Lipinski definition) is 0. The van der Waals surface area contributed by atoms with Gasteiger partial charge in [0.2, 0.25) is 0 Å². The average Bonchev–Trinajstić information content (AvgIpc) is 3.06. The normalized spacial score (nSPS) is 23.4. The molecule has 6 heteroatoms. The predicted octanol–water partition coefficient (Wildman–Crippen LogP) is 2.59. The van der Waals surface area contributed by atoms with Crippen molar-refractivity contribution in [2.75, 3.05) is 39.4 Å². The number of carbonyl (C=O) groups is 1. The fourth-order valence-electron chi connectivity index (χ4n) is 3.31. The minimum atomic E-state index is 0.125. The van der Waals surface area contributed by atoms with E-state index in [1.807, 2.05) is 5.38 Å². The summed E-state index contributed by atoms with van der Waals surface area (Å²) in [5.74, 6) is 0.498. The second-order valence-corrected chi connectivity index (χ2v) is 7.65. The van der Waals surface area contributed by atoms with Crippen LogP contribution in [0.5, 0.6) is 0 Å². The summed E-state index contributed by atoms with van der Waals surface area (Å²) in [5, 5.41) is 2.68. The molecule has 0 aliphatic carbocycles. The number of morpholine rings is 1. The lowest BCUT2D eigenvalue weighted by Crippen LogP contribution is -2.51. The molecule has 128 valence electrons. The molecule has 23 heavy (non-hydrogen) atoms. The molecule has 1 aromatic heterocycles. The molecular weight excluding hydrogens is 310 g/mol. The zero-order valence-corrected chi connectivity index (χ0v) is 15.0. The Bertz CT molecular complexity index is 526. The molecule has 0 bridgehead atoms. The highest BCUT2D eigenvalue weighted by Crippen LogP contribution is 2.24. The van der Waals surface area contributed by atoms with E-state index >= 15 is 0 Å². The van der Waals surface area contributed by atoms with Gasteiger partial charge in [-0.2, -0.15) is 0 Å². The van der Waals surface area contributed by atoms with Gasteiger partial charge in [-0.1, -0.05) is 13.8 Å². The van der Waals surface area contributed by atoms with E-state index in [1.54, 1.807) is 0 Å². The van der Waals surface area contributed by atoms with Crippen molar-refractivity contribution >= 4 is 17.2 Å². The van der Waals surface area contributed by atoms with Crippen LogP contribution in [0.2, 0.25) is 0 Å². The van der Waals surface area contributed by atoms with Gasteiger partial charge < -0.3 is 9.64 Å². The van der Waals surface area contributed by atoms with Gasteiger partial charge in [0.15, 0.2) is 5.01 Å². The summed E-state index contributed by atoms with van der Waals surface area (Å²) >= 11 is 1.49. The molecule has 0 radical (unpaired) electrons. The summed E-state index contributed by atoms with van der Waals surface area (Å²) in [5.41, 5.74) is 1.03. The summed E-state index contributed by atoms with van der Waals surface area (Å²) < 4.78 is 5.43. The number of thiazole rings is 1. The largest absolute Gasteiger partial charge is 0.379 e. The molecule has 0 N–H and O–H groups in total. The van der Waals surface area contributed by atoms with Crippen molar-refractivity contribution in [2.45, 2.75) is 45.1 Å². The fraction of sp³-hybridized carbons (Fsp3) is 0.765. The summed E-state index contributed by atoms with van der Waals surface area (Å²) in [6.07, 6.45) is 3.42. The number of amides is 1. The highest BCUT2D eigenvalue weighted by molar-refractivity contribution is 7.11. The zero-order chi connectivity index (χ0) is 16.2. The quantitative estimate of drug-likeness (QED) is 0.847. The van der Waals surface area contributed by atoms with Crippen LogP contribution in [0.1, 0.15) is 54.5 Å². The van der Waals surface area contributed by atoms with Gasteiger partial charge in [0.05, 0.1) is 18.9 Å². The van der Waals surface area contributed by atoms with Gasteiger partial charge in [0.1, 0.15) is 0 Å². The molecule has 2 aliphatic rings. The third-order valence-electron chi connectivity index (χ3n) is 4.76. The molecule has 0 unspecified atom stereocenters. The number of piperidine rings is 1. The molecule has 1 amide bonds. The van der Waals surface area contributed by atoms with Crippen molar-refractivity contribution in [3.8, 4) is 0 Å². The third kappa shape index (κ3) is 4.11. The summed E-state index contributed by atoms with van der Waals surface area (Å²) in [6, 6.07) is 0.320. The Hall–Kier alpha value is -0.980.